The summed E-state index contributed by atoms with van der Waals surface area (Å²) in [5.41, 5.74) is 7.37. The average molecular weight is 284 g/mol. The highest BCUT2D eigenvalue weighted by Crippen LogP contribution is 2.43. The third kappa shape index (κ3) is 1.80. The van der Waals surface area contributed by atoms with Gasteiger partial charge in [0.1, 0.15) is 0 Å². The third-order valence-corrected chi connectivity index (χ3v) is 4.09. The van der Waals surface area contributed by atoms with Crippen LogP contribution in [0.1, 0.15) is 24.8 Å². The minimum absolute atomic E-state index is 0.0849. The van der Waals surface area contributed by atoms with Crippen molar-refractivity contribution in [2.75, 3.05) is 6.79 Å². The molecule has 86 valence electrons. The van der Waals surface area contributed by atoms with Crippen molar-refractivity contribution in [3.05, 3.63) is 22.2 Å². The number of hydrogen-bond donors (Lipinski definition) is 1. The van der Waals surface area contributed by atoms with Gasteiger partial charge in [-0.05, 0) is 37.8 Å². The lowest BCUT2D eigenvalue weighted by Crippen LogP contribution is -2.22. The Morgan fingerprint density at radius 2 is 2.12 bits per heavy atom. The molecule has 0 radical (unpaired) electrons. The molecule has 1 aliphatic heterocycles. The molecule has 4 heteroatoms. The predicted octanol–water partition coefficient (Wildman–Crippen LogP) is 2.60. The lowest BCUT2D eigenvalue weighted by atomic mass is 10.0. The topological polar surface area (TPSA) is 44.5 Å². The number of nitrogens with two attached hydrogens (primary N) is 1. The van der Waals surface area contributed by atoms with Gasteiger partial charge in [-0.2, -0.15) is 0 Å². The summed E-state index contributed by atoms with van der Waals surface area (Å²) < 4.78 is 12.0. The molecule has 1 aliphatic carbocycles. The highest BCUT2D eigenvalue weighted by molar-refractivity contribution is 9.10. The van der Waals surface area contributed by atoms with Crippen molar-refractivity contribution >= 4 is 15.9 Å². The molecule has 3 nitrogen and oxygen atoms in total. The Kier molecular flexibility index (Phi) is 2.37. The molecule has 0 bridgehead atoms. The van der Waals surface area contributed by atoms with Crippen LogP contribution in [0.4, 0.5) is 0 Å². The van der Waals surface area contributed by atoms with Gasteiger partial charge >= 0.3 is 0 Å². The molecule has 3 rings (SSSR count). The van der Waals surface area contributed by atoms with Gasteiger partial charge in [0.05, 0.1) is 0 Å². The Labute approximate surface area is 103 Å². The molecule has 1 aromatic carbocycles. The van der Waals surface area contributed by atoms with Crippen molar-refractivity contribution < 1.29 is 9.47 Å². The van der Waals surface area contributed by atoms with E-state index in [9.17, 15) is 0 Å². The van der Waals surface area contributed by atoms with E-state index in [-0.39, 0.29) is 5.54 Å². The van der Waals surface area contributed by atoms with Crippen molar-refractivity contribution in [3.8, 4) is 11.5 Å². The van der Waals surface area contributed by atoms with E-state index in [1.165, 1.54) is 5.56 Å². The first-order valence-corrected chi connectivity index (χ1v) is 6.33. The summed E-state index contributed by atoms with van der Waals surface area (Å²) in [6.45, 7) is 0.326. The highest BCUT2D eigenvalue weighted by atomic mass is 79.9. The van der Waals surface area contributed by atoms with E-state index in [1.807, 2.05) is 12.1 Å². The van der Waals surface area contributed by atoms with Crippen molar-refractivity contribution in [1.82, 2.24) is 0 Å². The first-order valence-electron chi connectivity index (χ1n) is 5.54. The van der Waals surface area contributed by atoms with Crippen LogP contribution in [0.15, 0.2) is 16.6 Å². The van der Waals surface area contributed by atoms with Gasteiger partial charge in [-0.25, -0.2) is 0 Å². The monoisotopic (exact) mass is 283 g/mol. The molecule has 1 fully saturated rings. The van der Waals surface area contributed by atoms with Crippen molar-refractivity contribution in [2.24, 2.45) is 5.73 Å². The zero-order valence-corrected chi connectivity index (χ0v) is 10.5. The third-order valence-electron chi connectivity index (χ3n) is 3.35. The molecule has 2 N–H and O–H groups in total. The molecule has 0 amide bonds. The fraction of sp³-hybridized carbons (Fsp3) is 0.500. The Morgan fingerprint density at radius 1 is 1.31 bits per heavy atom. The summed E-state index contributed by atoms with van der Waals surface area (Å²) in [5.74, 6) is 1.73. The molecule has 0 saturated heterocycles. The van der Waals surface area contributed by atoms with Crippen LogP contribution < -0.4 is 15.2 Å². The first-order chi connectivity index (χ1) is 7.68. The molecule has 1 saturated carbocycles. The van der Waals surface area contributed by atoms with E-state index >= 15 is 0 Å². The summed E-state index contributed by atoms with van der Waals surface area (Å²) in [5, 5.41) is 0. The van der Waals surface area contributed by atoms with Crippen LogP contribution in [-0.4, -0.2) is 12.3 Å². The zero-order valence-electron chi connectivity index (χ0n) is 8.96. The van der Waals surface area contributed by atoms with Crippen LogP contribution in [0.2, 0.25) is 0 Å². The van der Waals surface area contributed by atoms with Crippen LogP contribution in [0, 0.1) is 0 Å². The quantitative estimate of drug-likeness (QED) is 0.928. The van der Waals surface area contributed by atoms with Crippen molar-refractivity contribution in [1.29, 1.82) is 0 Å². The maximum atomic E-state index is 6.10. The summed E-state index contributed by atoms with van der Waals surface area (Å²) in [7, 11) is 0. The molecule has 1 aromatic rings. The Morgan fingerprint density at radius 3 is 2.88 bits per heavy atom. The fourth-order valence-corrected chi connectivity index (χ4v) is 2.53. The van der Waals surface area contributed by atoms with Crippen molar-refractivity contribution in [3.63, 3.8) is 0 Å². The summed E-state index contributed by atoms with van der Waals surface area (Å²) in [6, 6.07) is 3.95. The number of halogens is 1. The van der Waals surface area contributed by atoms with E-state index in [0.717, 1.165) is 41.7 Å². The van der Waals surface area contributed by atoms with Crippen molar-refractivity contribution in [2.45, 2.75) is 31.2 Å². The molecule has 0 unspecified atom stereocenters. The summed E-state index contributed by atoms with van der Waals surface area (Å²) >= 11 is 3.56. The summed E-state index contributed by atoms with van der Waals surface area (Å²) in [4.78, 5) is 0. The molecular weight excluding hydrogens is 270 g/mol. The average Bonchev–Trinajstić information content (AvgIpc) is 2.81. The molecule has 2 aliphatic rings. The SMILES string of the molecule is NC1(CCc2c(Br)ccc3c2OCO3)CC1. The number of fused-ring (bicyclic) bond motifs is 1. The minimum Gasteiger partial charge on any atom is -0.454 e. The van der Waals surface area contributed by atoms with E-state index in [1.54, 1.807) is 0 Å². The molecule has 1 heterocycles. The van der Waals surface area contributed by atoms with Gasteiger partial charge in [0.25, 0.3) is 0 Å². The molecule has 0 spiro atoms. The van der Waals surface area contributed by atoms with E-state index in [2.05, 4.69) is 15.9 Å². The fourth-order valence-electron chi connectivity index (χ4n) is 2.02. The predicted molar refractivity (Wildman–Crippen MR) is 64.7 cm³/mol. The van der Waals surface area contributed by atoms with Gasteiger partial charge in [0.15, 0.2) is 11.5 Å². The second-order valence-corrected chi connectivity index (χ2v) is 5.48. The van der Waals surface area contributed by atoms with E-state index in [4.69, 9.17) is 15.2 Å². The highest BCUT2D eigenvalue weighted by Gasteiger charge is 2.38. The van der Waals surface area contributed by atoms with E-state index in [0.29, 0.717) is 6.79 Å². The smallest absolute Gasteiger partial charge is 0.231 e. The second-order valence-electron chi connectivity index (χ2n) is 4.62. The van der Waals surface area contributed by atoms with Crippen LogP contribution in [0.3, 0.4) is 0 Å². The van der Waals surface area contributed by atoms with Gasteiger partial charge in [0.2, 0.25) is 6.79 Å². The molecule has 0 aromatic heterocycles. The standard InChI is InChI=1S/C12H14BrNO2/c13-9-1-2-10-11(16-7-15-10)8(9)3-4-12(14)5-6-12/h1-2H,3-7,14H2. The molecule has 0 atom stereocenters. The van der Waals surface area contributed by atoms with Gasteiger partial charge in [-0.3, -0.25) is 0 Å². The minimum atomic E-state index is 0.0849. The number of ether oxygens (including phenoxy) is 2. The first kappa shape index (κ1) is 10.4. The second kappa shape index (κ2) is 3.64. The molecule has 16 heavy (non-hydrogen) atoms. The van der Waals surface area contributed by atoms with Crippen LogP contribution >= 0.6 is 15.9 Å². The van der Waals surface area contributed by atoms with Gasteiger partial charge in [-0.15, -0.1) is 0 Å². The zero-order chi connectivity index (χ0) is 11.2. The van der Waals surface area contributed by atoms with Gasteiger partial charge < -0.3 is 15.2 Å². The lowest BCUT2D eigenvalue weighted by Gasteiger charge is -2.11. The van der Waals surface area contributed by atoms with Crippen LogP contribution in [0.25, 0.3) is 0 Å². The largest absolute Gasteiger partial charge is 0.454 e. The van der Waals surface area contributed by atoms with Crippen LogP contribution in [0.5, 0.6) is 11.5 Å². The Balaban J connectivity index is 1.84. The van der Waals surface area contributed by atoms with Crippen LogP contribution in [-0.2, 0) is 6.42 Å². The Hall–Kier alpha value is -0.740. The summed E-state index contributed by atoms with van der Waals surface area (Å²) in [6.07, 6.45) is 4.27. The number of rotatable bonds is 3. The van der Waals surface area contributed by atoms with Gasteiger partial charge in [-0.1, -0.05) is 15.9 Å². The maximum Gasteiger partial charge on any atom is 0.231 e. The Bertz CT molecular complexity index is 429. The maximum absolute atomic E-state index is 6.10. The molecular formula is C12H14BrNO2. The number of hydrogen-bond acceptors (Lipinski definition) is 3. The normalized spacial score (nSPS) is 19.9. The lowest BCUT2D eigenvalue weighted by molar-refractivity contribution is 0.173. The van der Waals surface area contributed by atoms with E-state index < -0.39 is 0 Å². The number of benzene rings is 1. The van der Waals surface area contributed by atoms with Gasteiger partial charge in [0, 0.05) is 15.6 Å².